The molecule has 1 aliphatic heterocycles. The zero-order valence-electron chi connectivity index (χ0n) is 18.8. The van der Waals surface area contributed by atoms with E-state index < -0.39 is 17.7 Å². The van der Waals surface area contributed by atoms with Crippen molar-refractivity contribution in [1.29, 1.82) is 0 Å². The Labute approximate surface area is 188 Å². The second-order valence-corrected chi connectivity index (χ2v) is 7.99. The number of nitrogens with one attached hydrogen (secondary N) is 1. The quantitative estimate of drug-likeness (QED) is 0.550. The number of nitrogens with zero attached hydrogens (tertiary/aromatic N) is 2. The second kappa shape index (κ2) is 12.1. The lowest BCUT2D eigenvalue weighted by atomic mass is 10.1. The smallest absolute Gasteiger partial charge is 0.161 e. The van der Waals surface area contributed by atoms with E-state index in [1.54, 1.807) is 13.2 Å². The van der Waals surface area contributed by atoms with Crippen LogP contribution in [-0.4, -0.2) is 74.0 Å². The van der Waals surface area contributed by atoms with Gasteiger partial charge in [0.05, 0.1) is 7.11 Å². The van der Waals surface area contributed by atoms with Crippen molar-refractivity contribution in [1.82, 2.24) is 15.1 Å². The molecule has 2 aromatic rings. The number of aliphatic hydroxyl groups is 1. The number of methoxy groups -OCH3 is 1. The van der Waals surface area contributed by atoms with Crippen LogP contribution in [-0.2, 0) is 13.1 Å². The van der Waals surface area contributed by atoms with Crippen LogP contribution >= 0.6 is 0 Å². The maximum absolute atomic E-state index is 13.7. The van der Waals surface area contributed by atoms with Crippen LogP contribution in [0.4, 0.5) is 8.78 Å². The molecule has 176 valence electrons. The molecule has 1 unspecified atom stereocenters. The van der Waals surface area contributed by atoms with Crippen molar-refractivity contribution in [2.45, 2.75) is 26.1 Å². The number of β-amino-alcohol motifs (C(OH)–C–C–N with tert-alkyl or cyclic N) is 1. The first kappa shape index (κ1) is 24.4. The fraction of sp³-hybridized carbons (Fsp3) is 0.500. The molecular formula is C24H33F2N3O3. The normalized spacial score (nSPS) is 16.2. The molecule has 0 aromatic heterocycles. The van der Waals surface area contributed by atoms with Gasteiger partial charge in [-0.25, -0.2) is 8.78 Å². The molecule has 1 heterocycles. The Morgan fingerprint density at radius 3 is 2.34 bits per heavy atom. The first-order valence-electron chi connectivity index (χ1n) is 11.1. The van der Waals surface area contributed by atoms with Gasteiger partial charge in [0.1, 0.15) is 24.3 Å². The maximum Gasteiger partial charge on any atom is 0.161 e. The number of halogens is 2. The summed E-state index contributed by atoms with van der Waals surface area (Å²) >= 11 is 0. The SMILES string of the molecule is CCN1CCN(CC(O)COc2ccc(CNCc3c(F)cccc3F)cc2OC)CC1. The molecule has 0 saturated carbocycles. The Morgan fingerprint density at radius 1 is 1.00 bits per heavy atom. The van der Waals surface area contributed by atoms with Gasteiger partial charge in [-0.2, -0.15) is 0 Å². The van der Waals surface area contributed by atoms with Crippen LogP contribution in [0.1, 0.15) is 18.1 Å². The van der Waals surface area contributed by atoms with Gasteiger partial charge in [0.2, 0.25) is 0 Å². The van der Waals surface area contributed by atoms with Crippen molar-refractivity contribution in [3.63, 3.8) is 0 Å². The van der Waals surface area contributed by atoms with E-state index in [1.807, 2.05) is 12.1 Å². The summed E-state index contributed by atoms with van der Waals surface area (Å²) in [6.07, 6.45) is -0.593. The third kappa shape index (κ3) is 6.87. The third-order valence-corrected chi connectivity index (χ3v) is 5.73. The largest absolute Gasteiger partial charge is 0.493 e. The van der Waals surface area contributed by atoms with Gasteiger partial charge >= 0.3 is 0 Å². The number of piperazine rings is 1. The van der Waals surface area contributed by atoms with Crippen LogP contribution in [0.5, 0.6) is 11.5 Å². The minimum absolute atomic E-state index is 0.0181. The molecule has 2 N–H and O–H groups in total. The predicted octanol–water partition coefficient (Wildman–Crippen LogP) is 2.64. The van der Waals surface area contributed by atoms with E-state index in [-0.39, 0.29) is 18.7 Å². The van der Waals surface area contributed by atoms with Crippen LogP contribution in [0, 0.1) is 11.6 Å². The summed E-state index contributed by atoms with van der Waals surface area (Å²) in [4.78, 5) is 4.65. The van der Waals surface area contributed by atoms with Gasteiger partial charge in [-0.05, 0) is 36.4 Å². The average molecular weight is 450 g/mol. The molecule has 0 amide bonds. The highest BCUT2D eigenvalue weighted by molar-refractivity contribution is 5.43. The van der Waals surface area contributed by atoms with Crippen LogP contribution in [0.2, 0.25) is 0 Å². The molecule has 8 heteroatoms. The van der Waals surface area contributed by atoms with Gasteiger partial charge in [0, 0.05) is 51.4 Å². The highest BCUT2D eigenvalue weighted by atomic mass is 19.1. The van der Waals surface area contributed by atoms with Crippen molar-refractivity contribution >= 4 is 0 Å². The first-order valence-corrected chi connectivity index (χ1v) is 11.1. The lowest BCUT2D eigenvalue weighted by Crippen LogP contribution is -2.49. The molecule has 0 spiro atoms. The third-order valence-electron chi connectivity index (χ3n) is 5.73. The van der Waals surface area contributed by atoms with Crippen molar-refractivity contribution < 1.29 is 23.4 Å². The maximum atomic E-state index is 13.7. The Kier molecular flexibility index (Phi) is 9.23. The Morgan fingerprint density at radius 2 is 1.69 bits per heavy atom. The fourth-order valence-electron chi connectivity index (χ4n) is 3.80. The highest BCUT2D eigenvalue weighted by Gasteiger charge is 2.19. The molecule has 1 atom stereocenters. The van der Waals surface area contributed by atoms with E-state index in [1.165, 1.54) is 18.2 Å². The van der Waals surface area contributed by atoms with Crippen LogP contribution in [0.15, 0.2) is 36.4 Å². The summed E-state index contributed by atoms with van der Waals surface area (Å²) in [6, 6.07) is 9.30. The van der Waals surface area contributed by atoms with Crippen molar-refractivity contribution in [3.8, 4) is 11.5 Å². The minimum atomic E-state index is -0.593. The summed E-state index contributed by atoms with van der Waals surface area (Å²) in [6.45, 7) is 8.42. The zero-order chi connectivity index (χ0) is 22.9. The van der Waals surface area contributed by atoms with Crippen LogP contribution in [0.3, 0.4) is 0 Å². The van der Waals surface area contributed by atoms with Gasteiger partial charge in [-0.3, -0.25) is 4.90 Å². The van der Waals surface area contributed by atoms with Crippen LogP contribution < -0.4 is 14.8 Å². The van der Waals surface area contributed by atoms with Gasteiger partial charge in [-0.15, -0.1) is 0 Å². The molecule has 1 aliphatic rings. The molecule has 1 saturated heterocycles. The molecule has 0 aliphatic carbocycles. The molecule has 32 heavy (non-hydrogen) atoms. The van der Waals surface area contributed by atoms with Crippen LogP contribution in [0.25, 0.3) is 0 Å². The van der Waals surface area contributed by atoms with E-state index in [9.17, 15) is 13.9 Å². The molecule has 0 radical (unpaired) electrons. The number of aliphatic hydroxyl groups excluding tert-OH is 1. The zero-order valence-corrected chi connectivity index (χ0v) is 18.8. The van der Waals surface area contributed by atoms with E-state index in [0.29, 0.717) is 24.6 Å². The van der Waals surface area contributed by atoms with Gasteiger partial charge in [0.15, 0.2) is 11.5 Å². The topological polar surface area (TPSA) is 57.2 Å². The lowest BCUT2D eigenvalue weighted by molar-refractivity contribution is 0.0464. The van der Waals surface area contributed by atoms with Crippen molar-refractivity contribution in [2.75, 3.05) is 53.0 Å². The molecule has 6 nitrogen and oxygen atoms in total. The number of likely N-dealkylation sites (N-methyl/N-ethyl adjacent to an activating group) is 1. The van der Waals surface area contributed by atoms with Gasteiger partial charge in [-0.1, -0.05) is 19.1 Å². The lowest BCUT2D eigenvalue weighted by Gasteiger charge is -2.34. The predicted molar refractivity (Wildman–Crippen MR) is 120 cm³/mol. The number of rotatable bonds is 11. The molecule has 0 bridgehead atoms. The molecule has 3 rings (SSSR count). The fourth-order valence-corrected chi connectivity index (χ4v) is 3.80. The standard InChI is InChI=1S/C24H33F2N3O3/c1-3-28-9-11-29(12-10-28)16-19(30)17-32-23-8-7-18(13-24(23)31-2)14-27-15-20-21(25)5-4-6-22(20)26/h4-8,13,19,27,30H,3,9-12,14-17H2,1-2H3. The van der Waals surface area contributed by atoms with Gasteiger partial charge in [0.25, 0.3) is 0 Å². The summed E-state index contributed by atoms with van der Waals surface area (Å²) in [7, 11) is 1.55. The van der Waals surface area contributed by atoms with Gasteiger partial charge < -0.3 is 24.8 Å². The summed E-state index contributed by atoms with van der Waals surface area (Å²) in [5, 5.41) is 13.4. The van der Waals surface area contributed by atoms with E-state index in [0.717, 1.165) is 38.3 Å². The molecule has 1 fully saturated rings. The average Bonchev–Trinajstić information content (AvgIpc) is 2.80. The number of ether oxygens (including phenoxy) is 2. The van der Waals surface area contributed by atoms with E-state index >= 15 is 0 Å². The summed E-state index contributed by atoms with van der Waals surface area (Å²) in [5.41, 5.74) is 0.907. The minimum Gasteiger partial charge on any atom is -0.493 e. The Bertz CT molecular complexity index is 840. The van der Waals surface area contributed by atoms with E-state index in [2.05, 4.69) is 22.0 Å². The molecule has 2 aromatic carbocycles. The summed E-state index contributed by atoms with van der Waals surface area (Å²) < 4.78 is 38.7. The Hall–Kier alpha value is -2.26. The first-order chi connectivity index (χ1) is 15.5. The highest BCUT2D eigenvalue weighted by Crippen LogP contribution is 2.28. The van der Waals surface area contributed by atoms with Crippen molar-refractivity contribution in [2.24, 2.45) is 0 Å². The molecular weight excluding hydrogens is 416 g/mol. The van der Waals surface area contributed by atoms with Crippen molar-refractivity contribution in [3.05, 3.63) is 59.2 Å². The number of hydrogen-bond donors (Lipinski definition) is 2. The number of hydrogen-bond acceptors (Lipinski definition) is 6. The summed E-state index contributed by atoms with van der Waals surface area (Å²) in [5.74, 6) is -0.0364. The number of benzene rings is 2. The Balaban J connectivity index is 1.47. The second-order valence-electron chi connectivity index (χ2n) is 7.99. The monoisotopic (exact) mass is 449 g/mol. The van der Waals surface area contributed by atoms with E-state index in [4.69, 9.17) is 9.47 Å².